The number of rotatable bonds is 6. The molecule has 0 saturated heterocycles. The van der Waals surface area contributed by atoms with Gasteiger partial charge in [-0.2, -0.15) is 0 Å². The smallest absolute Gasteiger partial charge is 0.410 e. The van der Waals surface area contributed by atoms with Gasteiger partial charge in [-0.1, -0.05) is 44.7 Å². The van der Waals surface area contributed by atoms with Crippen molar-refractivity contribution < 1.29 is 23.8 Å². The van der Waals surface area contributed by atoms with Crippen molar-refractivity contribution in [1.29, 1.82) is 0 Å². The zero-order valence-corrected chi connectivity index (χ0v) is 12.0. The Kier molecular flexibility index (Phi) is 22.1. The minimum atomic E-state index is -2.46. The molecule has 0 aliphatic carbocycles. The highest BCUT2D eigenvalue weighted by Gasteiger charge is 2.18. The van der Waals surface area contributed by atoms with Crippen LogP contribution in [0.15, 0.2) is 37.0 Å². The van der Waals surface area contributed by atoms with Crippen molar-refractivity contribution in [2.75, 3.05) is 13.7 Å². The Morgan fingerprint density at radius 2 is 1.90 bits per heavy atom. The van der Waals surface area contributed by atoms with Crippen LogP contribution < -0.4 is 11.1 Å². The Morgan fingerprint density at radius 1 is 1.35 bits per heavy atom. The minimum absolute atomic E-state index is 0.0837. The molecular weight excluding hydrogens is 267 g/mol. The molecule has 0 radical (unpaired) electrons. The third-order valence-corrected chi connectivity index (χ3v) is 1.27. The van der Waals surface area contributed by atoms with E-state index in [1.807, 2.05) is 13.8 Å². The van der Waals surface area contributed by atoms with Gasteiger partial charge in [0.2, 0.25) is 0 Å². The lowest BCUT2D eigenvalue weighted by Gasteiger charge is -2.05. The number of allylic oxidation sites excluding steroid dienone is 4. The molecule has 0 spiro atoms. The molecule has 0 saturated carbocycles. The Hall–Kier alpha value is -2.15. The van der Waals surface area contributed by atoms with E-state index in [0.717, 1.165) is 0 Å². The highest BCUT2D eigenvalue weighted by molar-refractivity contribution is 5.78. The fourth-order valence-corrected chi connectivity index (χ4v) is 0.608. The van der Waals surface area contributed by atoms with Crippen molar-refractivity contribution >= 4 is 12.1 Å². The number of alkyl halides is 1. The lowest BCUT2D eigenvalue weighted by atomic mass is 10.4. The van der Waals surface area contributed by atoms with Crippen LogP contribution in [0, 0.1) is 0 Å². The molecular formula is C13H23FN2O4. The van der Waals surface area contributed by atoms with Gasteiger partial charge in [-0.05, 0) is 13.1 Å². The summed E-state index contributed by atoms with van der Waals surface area (Å²) in [6, 6.07) is 0. The van der Waals surface area contributed by atoms with E-state index in [9.17, 15) is 14.0 Å². The summed E-state index contributed by atoms with van der Waals surface area (Å²) >= 11 is 0. The summed E-state index contributed by atoms with van der Waals surface area (Å²) in [4.78, 5) is 20.7. The number of alkyl carbamates (subject to hydrolysis) is 1. The molecule has 0 aliphatic rings. The molecule has 4 N–H and O–H groups in total. The maximum absolute atomic E-state index is 12.4. The van der Waals surface area contributed by atoms with Gasteiger partial charge in [0.15, 0.2) is 0 Å². The van der Waals surface area contributed by atoms with Gasteiger partial charge in [0.25, 0.3) is 6.30 Å². The van der Waals surface area contributed by atoms with Crippen molar-refractivity contribution in [2.24, 2.45) is 5.73 Å². The Morgan fingerprint density at radius 3 is 2.35 bits per heavy atom. The number of ether oxygens (including phenoxy) is 1. The normalized spacial score (nSPS) is 10.7. The Balaban J connectivity index is -0.000000656. The van der Waals surface area contributed by atoms with Gasteiger partial charge in [0, 0.05) is 0 Å². The van der Waals surface area contributed by atoms with Gasteiger partial charge in [0.1, 0.15) is 6.61 Å². The van der Waals surface area contributed by atoms with E-state index in [0.29, 0.717) is 0 Å². The van der Waals surface area contributed by atoms with E-state index >= 15 is 0 Å². The predicted octanol–water partition coefficient (Wildman–Crippen LogP) is 1.99. The van der Waals surface area contributed by atoms with Crippen LogP contribution in [-0.2, 0) is 9.53 Å². The zero-order chi connectivity index (χ0) is 16.4. The summed E-state index contributed by atoms with van der Waals surface area (Å²) in [5, 5.41) is 9.61. The minimum Gasteiger partial charge on any atom is -0.478 e. The second-order valence-corrected chi connectivity index (χ2v) is 2.49. The number of halogens is 1. The van der Waals surface area contributed by atoms with Crippen molar-refractivity contribution in [3.8, 4) is 0 Å². The van der Waals surface area contributed by atoms with Gasteiger partial charge in [-0.15, -0.1) is 0 Å². The third-order valence-electron chi connectivity index (χ3n) is 1.27. The number of amides is 1. The predicted molar refractivity (Wildman–Crippen MR) is 77.0 cm³/mol. The number of hydrogen-bond acceptors (Lipinski definition) is 4. The molecule has 116 valence electrons. The fourth-order valence-electron chi connectivity index (χ4n) is 0.608. The monoisotopic (exact) mass is 290 g/mol. The first-order valence-corrected chi connectivity index (χ1v) is 5.90. The lowest BCUT2D eigenvalue weighted by molar-refractivity contribution is -0.143. The number of hydrogen-bond donors (Lipinski definition) is 3. The first-order chi connectivity index (χ1) is 9.57. The van der Waals surface area contributed by atoms with Crippen LogP contribution in [0.5, 0.6) is 0 Å². The molecule has 0 aromatic carbocycles. The molecule has 6 nitrogen and oxygen atoms in total. The van der Waals surface area contributed by atoms with Gasteiger partial charge < -0.3 is 15.6 Å². The average Bonchev–Trinajstić information content (AvgIpc) is 2.46. The van der Waals surface area contributed by atoms with E-state index < -0.39 is 18.4 Å². The molecule has 0 aromatic rings. The molecule has 1 amide bonds. The fraction of sp³-hybridized carbons (Fsp3) is 0.385. The number of carbonyl (C=O) groups excluding carboxylic acids is 1. The molecule has 7 heteroatoms. The van der Waals surface area contributed by atoms with Crippen LogP contribution >= 0.6 is 0 Å². The number of carboxylic acid groups (broad SMARTS) is 1. The quantitative estimate of drug-likeness (QED) is 0.513. The van der Waals surface area contributed by atoms with Gasteiger partial charge >= 0.3 is 12.1 Å². The molecule has 0 fully saturated rings. The van der Waals surface area contributed by atoms with Crippen LogP contribution in [0.25, 0.3) is 0 Å². The highest BCUT2D eigenvalue weighted by atomic mass is 19.1. The molecule has 0 aliphatic heterocycles. The summed E-state index contributed by atoms with van der Waals surface area (Å²) in [5.41, 5.74) is 4.50. The molecule has 0 heterocycles. The number of nitrogens with two attached hydrogens (primary N) is 1. The van der Waals surface area contributed by atoms with E-state index in [2.05, 4.69) is 17.0 Å². The van der Waals surface area contributed by atoms with E-state index in [4.69, 9.17) is 5.11 Å². The number of carboxylic acids is 1. The first kappa shape index (κ1) is 23.0. The Labute approximate surface area is 118 Å². The first-order valence-electron chi connectivity index (χ1n) is 5.90. The van der Waals surface area contributed by atoms with Crippen LogP contribution in [0.1, 0.15) is 13.8 Å². The molecule has 0 aromatic heterocycles. The van der Waals surface area contributed by atoms with Gasteiger partial charge in [-0.25, -0.2) is 14.0 Å². The molecule has 1 unspecified atom stereocenters. The maximum atomic E-state index is 12.4. The largest absolute Gasteiger partial charge is 0.478 e. The SMILES string of the molecule is C=C/C=C\C=C\COC(=O)NC(F)C(=O)O.CC.CN. The molecule has 1 atom stereocenters. The number of carbonyl (C=O) groups is 2. The maximum Gasteiger partial charge on any atom is 0.410 e. The van der Waals surface area contributed by atoms with Crippen LogP contribution in [0.4, 0.5) is 9.18 Å². The van der Waals surface area contributed by atoms with Crippen LogP contribution in [-0.4, -0.2) is 37.1 Å². The van der Waals surface area contributed by atoms with Crippen molar-refractivity contribution in [3.63, 3.8) is 0 Å². The average molecular weight is 290 g/mol. The van der Waals surface area contributed by atoms with Crippen LogP contribution in [0.2, 0.25) is 0 Å². The van der Waals surface area contributed by atoms with E-state index in [-0.39, 0.29) is 6.61 Å². The summed E-state index contributed by atoms with van der Waals surface area (Å²) in [7, 11) is 1.50. The second-order valence-electron chi connectivity index (χ2n) is 2.49. The molecule has 0 rings (SSSR count). The standard InChI is InChI=1S/C10H12FNO4.C2H6.CH5N/c1-2-3-4-5-6-7-16-10(15)12-8(11)9(13)14;2*1-2/h2-6,8H,1,7H2,(H,12,15)(H,13,14);1-2H3;2H2,1H3/b4-3-,6-5+;;. The molecule has 20 heavy (non-hydrogen) atoms. The lowest BCUT2D eigenvalue weighted by Crippen LogP contribution is -2.37. The van der Waals surface area contributed by atoms with Crippen molar-refractivity contribution in [1.82, 2.24) is 5.32 Å². The molecule has 0 bridgehead atoms. The zero-order valence-electron chi connectivity index (χ0n) is 12.0. The summed E-state index contributed by atoms with van der Waals surface area (Å²) in [6.45, 7) is 7.36. The summed E-state index contributed by atoms with van der Waals surface area (Å²) in [5.74, 6) is -1.78. The van der Waals surface area contributed by atoms with Crippen molar-refractivity contribution in [3.05, 3.63) is 37.0 Å². The van der Waals surface area contributed by atoms with Crippen molar-refractivity contribution in [2.45, 2.75) is 20.1 Å². The Bertz CT molecular complexity index is 317. The second kappa shape index (κ2) is 19.2. The number of aliphatic carboxylic acids is 1. The van der Waals surface area contributed by atoms with E-state index in [1.165, 1.54) is 18.4 Å². The van der Waals surface area contributed by atoms with Crippen LogP contribution in [0.3, 0.4) is 0 Å². The number of nitrogens with one attached hydrogen (secondary N) is 1. The summed E-state index contributed by atoms with van der Waals surface area (Å²) < 4.78 is 16.8. The van der Waals surface area contributed by atoms with E-state index in [1.54, 1.807) is 24.3 Å². The third kappa shape index (κ3) is 18.2. The van der Waals surface area contributed by atoms with Gasteiger partial charge in [0.05, 0.1) is 0 Å². The highest BCUT2D eigenvalue weighted by Crippen LogP contribution is 1.88. The summed E-state index contributed by atoms with van der Waals surface area (Å²) in [6.07, 6.45) is 4.39. The topological polar surface area (TPSA) is 102 Å². The van der Waals surface area contributed by atoms with Gasteiger partial charge in [-0.3, -0.25) is 5.32 Å².